The van der Waals surface area contributed by atoms with E-state index in [0.29, 0.717) is 85.7 Å². The molecule has 3 aliphatic heterocycles. The number of ether oxygens (including phenoxy) is 6. The highest BCUT2D eigenvalue weighted by Gasteiger charge is 2.50. The summed E-state index contributed by atoms with van der Waals surface area (Å²) in [4.78, 5) is 0. The first kappa shape index (κ1) is 47.4. The zero-order valence-electron chi connectivity index (χ0n) is 38.9. The highest BCUT2D eigenvalue weighted by Crippen LogP contribution is 2.55. The fourth-order valence-corrected chi connectivity index (χ4v) is 10.7. The molecule has 13 heteroatoms. The predicted molar refractivity (Wildman–Crippen MR) is 259 cm³/mol. The van der Waals surface area contributed by atoms with E-state index < -0.39 is 36.3 Å². The molecule has 5 aromatic rings. The van der Waals surface area contributed by atoms with Gasteiger partial charge in [0.15, 0.2) is 0 Å². The van der Waals surface area contributed by atoms with Crippen molar-refractivity contribution in [2.24, 2.45) is 11.8 Å². The predicted octanol–water partition coefficient (Wildman–Crippen LogP) is 7.85. The number of likely N-dealkylation sites (N-methyl/N-ethyl adjacent to an activating group) is 1. The van der Waals surface area contributed by atoms with Gasteiger partial charge in [0.05, 0.1) is 31.0 Å². The summed E-state index contributed by atoms with van der Waals surface area (Å²) in [5.41, 5.74) is 4.56. The average molecular weight is 929 g/mol. The van der Waals surface area contributed by atoms with Crippen LogP contribution in [-0.4, -0.2) is 104 Å². The zero-order valence-corrected chi connectivity index (χ0v) is 38.9. The number of aliphatic hydroxyl groups excluding tert-OH is 2. The van der Waals surface area contributed by atoms with Crippen LogP contribution in [0.15, 0.2) is 78.9 Å². The molecule has 68 heavy (non-hydrogen) atoms. The second-order valence-corrected chi connectivity index (χ2v) is 18.5. The van der Waals surface area contributed by atoms with E-state index in [9.17, 15) is 25.5 Å². The van der Waals surface area contributed by atoms with Gasteiger partial charge in [-0.25, -0.2) is 0 Å². The molecule has 1 aliphatic carbocycles. The molecule has 0 radical (unpaired) electrons. The van der Waals surface area contributed by atoms with Crippen molar-refractivity contribution in [3.63, 3.8) is 0 Å². The molecule has 0 aromatic heterocycles. The van der Waals surface area contributed by atoms with Gasteiger partial charge in [0, 0.05) is 91.6 Å². The number of fused-ring (bicyclic) bond motifs is 5. The van der Waals surface area contributed by atoms with Crippen LogP contribution in [0.3, 0.4) is 0 Å². The minimum atomic E-state index is -1.07. The lowest BCUT2D eigenvalue weighted by atomic mass is 9.72. The smallest absolute Gasteiger partial charge is 0.149 e. The van der Waals surface area contributed by atoms with Crippen LogP contribution < -0.4 is 29.6 Å². The Morgan fingerprint density at radius 3 is 2.43 bits per heavy atom. The van der Waals surface area contributed by atoms with Gasteiger partial charge < -0.3 is 64.6 Å². The lowest BCUT2D eigenvalue weighted by Gasteiger charge is -2.48. The van der Waals surface area contributed by atoms with Gasteiger partial charge >= 0.3 is 0 Å². The van der Waals surface area contributed by atoms with Crippen molar-refractivity contribution in [2.75, 3.05) is 53.7 Å². The van der Waals surface area contributed by atoms with E-state index in [2.05, 4.69) is 22.5 Å². The Morgan fingerprint density at radius 1 is 0.794 bits per heavy atom. The summed E-state index contributed by atoms with van der Waals surface area (Å²) in [6, 6.07) is 23.0. The number of nitrogens with one attached hydrogen (secondary N) is 2. The van der Waals surface area contributed by atoms with Crippen LogP contribution in [0.5, 0.6) is 40.2 Å². The van der Waals surface area contributed by atoms with Gasteiger partial charge in [-0.2, -0.15) is 0 Å². The highest BCUT2D eigenvalue weighted by molar-refractivity contribution is 5.96. The summed E-state index contributed by atoms with van der Waals surface area (Å²) < 4.78 is 40.3. The number of hydrogen-bond acceptors (Lipinski definition) is 13. The van der Waals surface area contributed by atoms with Crippen LogP contribution in [0.2, 0.25) is 0 Å². The minimum Gasteiger partial charge on any atom is -0.508 e. The summed E-state index contributed by atoms with van der Waals surface area (Å²) in [6.45, 7) is 1.98. The van der Waals surface area contributed by atoms with Gasteiger partial charge in [-0.3, -0.25) is 0 Å². The monoisotopic (exact) mass is 928 g/mol. The van der Waals surface area contributed by atoms with Crippen LogP contribution in [0, 0.1) is 23.7 Å². The third-order valence-corrected chi connectivity index (χ3v) is 14.0. The van der Waals surface area contributed by atoms with Gasteiger partial charge in [0.1, 0.15) is 53.0 Å². The van der Waals surface area contributed by atoms with Crippen molar-refractivity contribution in [1.29, 1.82) is 0 Å². The number of rotatable bonds is 16. The summed E-state index contributed by atoms with van der Waals surface area (Å²) in [5.74, 6) is 8.04. The Hall–Kier alpha value is -5.72. The van der Waals surface area contributed by atoms with Gasteiger partial charge in [0.2, 0.25) is 0 Å². The van der Waals surface area contributed by atoms with Crippen molar-refractivity contribution in [3.05, 3.63) is 101 Å². The fourth-order valence-electron chi connectivity index (χ4n) is 10.7. The van der Waals surface area contributed by atoms with E-state index in [1.54, 1.807) is 49.6 Å². The lowest BCUT2D eigenvalue weighted by molar-refractivity contribution is -0.142. The molecule has 0 amide bonds. The first-order valence-electron chi connectivity index (χ1n) is 24.2. The number of benzene rings is 5. The maximum absolute atomic E-state index is 13.1. The molecule has 5 aromatic carbocycles. The summed E-state index contributed by atoms with van der Waals surface area (Å²) in [7, 11) is 3.58. The summed E-state index contributed by atoms with van der Waals surface area (Å²) in [6.07, 6.45) is 3.67. The van der Waals surface area contributed by atoms with Gasteiger partial charge in [-0.05, 0) is 129 Å². The Kier molecular flexibility index (Phi) is 15.1. The lowest BCUT2D eigenvalue weighted by Crippen LogP contribution is -2.50. The van der Waals surface area contributed by atoms with Crippen LogP contribution >= 0.6 is 0 Å². The molecule has 7 atom stereocenters. The zero-order chi connectivity index (χ0) is 47.1. The number of aromatic hydroxyl groups is 3. The van der Waals surface area contributed by atoms with E-state index in [1.807, 2.05) is 43.4 Å². The van der Waals surface area contributed by atoms with E-state index in [0.717, 1.165) is 58.9 Å². The fraction of sp³-hybridized carbons (Fsp3) is 0.455. The number of hydrogen-bond donors (Lipinski definition) is 7. The van der Waals surface area contributed by atoms with Crippen molar-refractivity contribution in [3.8, 4) is 63.2 Å². The number of phenols is 3. The quantitative estimate of drug-likeness (QED) is 0.0376. The molecule has 13 nitrogen and oxygen atoms in total. The molecule has 1 fully saturated rings. The molecule has 3 heterocycles. The molecule has 360 valence electrons. The number of aliphatic hydroxyl groups is 2. The Bertz CT molecular complexity index is 2600. The van der Waals surface area contributed by atoms with Crippen LogP contribution in [0.4, 0.5) is 0 Å². The third kappa shape index (κ3) is 10.3. The largest absolute Gasteiger partial charge is 0.508 e. The van der Waals surface area contributed by atoms with E-state index in [1.165, 1.54) is 0 Å². The van der Waals surface area contributed by atoms with Crippen molar-refractivity contribution in [2.45, 2.75) is 94.3 Å². The maximum Gasteiger partial charge on any atom is 0.149 e. The van der Waals surface area contributed by atoms with E-state index in [4.69, 9.17) is 28.4 Å². The Morgan fingerprint density at radius 2 is 1.62 bits per heavy atom. The normalized spacial score (nSPS) is 23.5. The Labute approximate surface area is 398 Å². The molecule has 7 unspecified atom stereocenters. The van der Waals surface area contributed by atoms with E-state index >= 15 is 0 Å². The molecular formula is C55H64N2O11. The molecule has 7 N–H and O–H groups in total. The minimum absolute atomic E-state index is 0.0379. The number of methoxy groups -OCH3 is 1. The molecule has 0 spiro atoms. The summed E-state index contributed by atoms with van der Waals surface area (Å²) >= 11 is 0. The SMILES string of the molecule is CNCCNC1CC#CCOc2cc3c(c4ccc(O)cc24)OC(CCCOC)C(C2COc4c(Cc5cc(O)ccc5-c5cccc(O)c5)cc(OC5CCCC5)cc4C2O)C3OC1CCO. The second-order valence-electron chi connectivity index (χ2n) is 18.5. The maximum atomic E-state index is 13.1. The average Bonchev–Trinajstić information content (AvgIpc) is 3.84. The molecule has 1 saturated carbocycles. The first-order valence-corrected chi connectivity index (χ1v) is 24.2. The van der Waals surface area contributed by atoms with Gasteiger partial charge in [-0.15, -0.1) is 0 Å². The third-order valence-electron chi connectivity index (χ3n) is 14.0. The number of phenolic OH excluding ortho intramolecular Hbond substituents is 3. The highest BCUT2D eigenvalue weighted by atomic mass is 16.5. The molecule has 4 aliphatic rings. The van der Waals surface area contributed by atoms with Crippen LogP contribution in [0.1, 0.15) is 85.8 Å². The van der Waals surface area contributed by atoms with Gasteiger partial charge in [0.25, 0.3) is 0 Å². The second kappa shape index (κ2) is 21.7. The first-order chi connectivity index (χ1) is 33.2. The molecule has 0 saturated heterocycles. The van der Waals surface area contributed by atoms with Crippen molar-refractivity contribution in [1.82, 2.24) is 10.6 Å². The van der Waals surface area contributed by atoms with Crippen LogP contribution in [0.25, 0.3) is 21.9 Å². The topological polar surface area (TPSA) is 181 Å². The Balaban J connectivity index is 1.18. The molecule has 9 rings (SSSR count). The van der Waals surface area contributed by atoms with E-state index in [-0.39, 0.29) is 49.2 Å². The standard InChI is InChI=1S/C55H64N2O11/c1-56-20-21-57-47-13-5-6-24-64-50-31-45-54(42-18-16-38(61)29-43(42)50)68-49(14-8-23-63-2)51(55(45)67-48(47)19-22-58)46-32-65-53-35(28-40(30-44(53)52(46)62)66-39-11-3-4-12-39)25-34-27-37(60)15-17-41(34)33-9-7-10-36(59)26-33/h7,9-10,15-18,26-31,39,46-49,51-52,55-62H,3-4,8,11-14,19-25,32H2,1-2H3. The summed E-state index contributed by atoms with van der Waals surface area (Å²) in [5, 5.41) is 64.0. The van der Waals surface area contributed by atoms with Crippen molar-refractivity contribution < 1.29 is 54.0 Å². The molecule has 2 bridgehead atoms. The van der Waals surface area contributed by atoms with Crippen molar-refractivity contribution >= 4 is 10.8 Å². The van der Waals surface area contributed by atoms with Crippen LogP contribution in [-0.2, 0) is 15.9 Å². The van der Waals surface area contributed by atoms with Gasteiger partial charge in [-0.1, -0.05) is 30.0 Å². The molecular weight excluding hydrogens is 865 g/mol.